The number of para-hydroxylation sites is 2. The number of benzene rings is 2. The van der Waals surface area contributed by atoms with Crippen LogP contribution in [0.1, 0.15) is 11.1 Å². The van der Waals surface area contributed by atoms with Crippen LogP contribution in [0.5, 0.6) is 0 Å². The number of rotatable bonds is 2. The van der Waals surface area contributed by atoms with Crippen molar-refractivity contribution in [3.63, 3.8) is 0 Å². The van der Waals surface area contributed by atoms with Gasteiger partial charge in [-0.15, -0.1) is 0 Å². The molecule has 0 saturated carbocycles. The van der Waals surface area contributed by atoms with E-state index in [1.165, 1.54) is 0 Å². The predicted octanol–water partition coefficient (Wildman–Crippen LogP) is 3.00. The van der Waals surface area contributed by atoms with E-state index in [0.29, 0.717) is 22.5 Å². The summed E-state index contributed by atoms with van der Waals surface area (Å²) in [6, 6.07) is 18.3. The number of hydrogen-bond donors (Lipinski definition) is 0. The van der Waals surface area contributed by atoms with E-state index in [-0.39, 0.29) is 0 Å². The average molecular weight is 218 g/mol. The lowest BCUT2D eigenvalue weighted by molar-refractivity contribution is 1.17. The fourth-order valence-corrected chi connectivity index (χ4v) is 1.46. The molecule has 0 aromatic heterocycles. The smallest absolute Gasteiger partial charge is 0.101 e. The van der Waals surface area contributed by atoms with Crippen LogP contribution in [0.3, 0.4) is 0 Å². The van der Waals surface area contributed by atoms with Gasteiger partial charge in [0.2, 0.25) is 0 Å². The van der Waals surface area contributed by atoms with Gasteiger partial charge in [-0.1, -0.05) is 24.3 Å². The first kappa shape index (κ1) is 10.7. The van der Waals surface area contributed by atoms with Crippen molar-refractivity contribution in [1.82, 2.24) is 5.32 Å². The van der Waals surface area contributed by atoms with Crippen LogP contribution < -0.4 is 5.32 Å². The molecule has 1 radical (unpaired) electrons. The fraction of sp³-hybridized carbons (Fsp3) is 0. The SMILES string of the molecule is N#Cc1ccccc1[N]c1ccccc1C#N. The van der Waals surface area contributed by atoms with Crippen molar-refractivity contribution >= 4 is 11.4 Å². The Labute approximate surface area is 99.6 Å². The molecule has 0 amide bonds. The van der Waals surface area contributed by atoms with Crippen molar-refractivity contribution in [2.45, 2.75) is 0 Å². The molecule has 0 N–H and O–H groups in total. The molecular formula is C14H8N3. The van der Waals surface area contributed by atoms with E-state index in [4.69, 9.17) is 10.5 Å². The lowest BCUT2D eigenvalue weighted by Crippen LogP contribution is -1.94. The Kier molecular flexibility index (Phi) is 3.05. The highest BCUT2D eigenvalue weighted by molar-refractivity contribution is 5.62. The molecule has 0 unspecified atom stereocenters. The van der Waals surface area contributed by atoms with Gasteiger partial charge in [-0.25, -0.2) is 5.32 Å². The number of hydrogen-bond acceptors (Lipinski definition) is 2. The normalized spacial score (nSPS) is 9.06. The van der Waals surface area contributed by atoms with E-state index in [0.717, 1.165) is 0 Å². The largest absolute Gasteiger partial charge is 0.246 e. The second-order valence-corrected chi connectivity index (χ2v) is 3.37. The van der Waals surface area contributed by atoms with E-state index in [2.05, 4.69) is 17.5 Å². The van der Waals surface area contributed by atoms with E-state index in [1.54, 1.807) is 36.4 Å². The van der Waals surface area contributed by atoms with E-state index < -0.39 is 0 Å². The first-order chi connectivity index (χ1) is 8.35. The van der Waals surface area contributed by atoms with Crippen molar-refractivity contribution in [1.29, 1.82) is 10.5 Å². The third-order valence-corrected chi connectivity index (χ3v) is 2.29. The van der Waals surface area contributed by atoms with Crippen LogP contribution in [0.2, 0.25) is 0 Å². The molecule has 0 aliphatic heterocycles. The monoisotopic (exact) mass is 218 g/mol. The van der Waals surface area contributed by atoms with Crippen LogP contribution in [0.15, 0.2) is 48.5 Å². The lowest BCUT2D eigenvalue weighted by Gasteiger charge is -2.05. The van der Waals surface area contributed by atoms with Gasteiger partial charge in [0, 0.05) is 0 Å². The summed E-state index contributed by atoms with van der Waals surface area (Å²) < 4.78 is 0. The number of nitrogens with zero attached hydrogens (tertiary/aromatic N) is 3. The summed E-state index contributed by atoms with van der Waals surface area (Å²) in [6.45, 7) is 0. The molecule has 2 rings (SSSR count). The Bertz CT molecular complexity index is 562. The summed E-state index contributed by atoms with van der Waals surface area (Å²) in [5.41, 5.74) is 2.16. The quantitative estimate of drug-likeness (QED) is 0.777. The summed E-state index contributed by atoms with van der Waals surface area (Å²) in [7, 11) is 0. The van der Waals surface area contributed by atoms with E-state index in [9.17, 15) is 0 Å². The van der Waals surface area contributed by atoms with Crippen molar-refractivity contribution in [2.75, 3.05) is 0 Å². The Morgan fingerprint density at radius 1 is 0.706 bits per heavy atom. The van der Waals surface area contributed by atoms with Crippen LogP contribution >= 0.6 is 0 Å². The number of nitriles is 2. The summed E-state index contributed by atoms with van der Waals surface area (Å²) in [4.78, 5) is 0. The first-order valence-corrected chi connectivity index (χ1v) is 5.05. The Balaban J connectivity index is 2.40. The third-order valence-electron chi connectivity index (χ3n) is 2.29. The van der Waals surface area contributed by atoms with Gasteiger partial charge in [0.1, 0.15) is 12.1 Å². The van der Waals surface area contributed by atoms with E-state index in [1.807, 2.05) is 12.1 Å². The highest BCUT2D eigenvalue weighted by atomic mass is 14.9. The van der Waals surface area contributed by atoms with Gasteiger partial charge in [-0.05, 0) is 24.3 Å². The fourth-order valence-electron chi connectivity index (χ4n) is 1.46. The molecule has 0 aliphatic rings. The zero-order chi connectivity index (χ0) is 12.1. The molecular weight excluding hydrogens is 210 g/mol. The molecule has 2 aromatic carbocycles. The Morgan fingerprint density at radius 2 is 1.12 bits per heavy atom. The minimum atomic E-state index is 0.500. The molecule has 2 aromatic rings. The minimum absolute atomic E-state index is 0.500. The molecule has 17 heavy (non-hydrogen) atoms. The molecule has 0 atom stereocenters. The lowest BCUT2D eigenvalue weighted by atomic mass is 10.1. The van der Waals surface area contributed by atoms with Crippen molar-refractivity contribution in [2.24, 2.45) is 0 Å². The van der Waals surface area contributed by atoms with Gasteiger partial charge in [0.25, 0.3) is 0 Å². The third kappa shape index (κ3) is 2.25. The second-order valence-electron chi connectivity index (χ2n) is 3.37. The van der Waals surface area contributed by atoms with Crippen LogP contribution in [0, 0.1) is 22.7 Å². The topological polar surface area (TPSA) is 61.7 Å². The standard InChI is InChI=1S/C14H8N3/c15-9-11-5-1-3-7-13(11)17-14-8-4-2-6-12(14)10-16/h1-8H. The maximum absolute atomic E-state index is 8.95. The maximum atomic E-state index is 8.95. The summed E-state index contributed by atoms with van der Waals surface area (Å²) in [5.74, 6) is 0. The summed E-state index contributed by atoms with van der Waals surface area (Å²) >= 11 is 0. The highest BCUT2D eigenvalue weighted by Crippen LogP contribution is 2.23. The van der Waals surface area contributed by atoms with Gasteiger partial charge in [0.15, 0.2) is 0 Å². The van der Waals surface area contributed by atoms with Crippen molar-refractivity contribution in [3.8, 4) is 12.1 Å². The molecule has 0 heterocycles. The maximum Gasteiger partial charge on any atom is 0.101 e. The molecule has 0 bridgehead atoms. The van der Waals surface area contributed by atoms with Crippen molar-refractivity contribution in [3.05, 3.63) is 59.7 Å². The molecule has 3 nitrogen and oxygen atoms in total. The molecule has 0 fully saturated rings. The molecule has 0 aliphatic carbocycles. The van der Waals surface area contributed by atoms with Crippen LogP contribution in [-0.2, 0) is 0 Å². The van der Waals surface area contributed by atoms with Gasteiger partial charge in [-0.2, -0.15) is 10.5 Å². The van der Waals surface area contributed by atoms with Gasteiger partial charge < -0.3 is 0 Å². The highest BCUT2D eigenvalue weighted by Gasteiger charge is 2.06. The average Bonchev–Trinajstić information content (AvgIpc) is 2.40. The summed E-state index contributed by atoms with van der Waals surface area (Å²) in [5, 5.41) is 22.2. The van der Waals surface area contributed by atoms with Crippen LogP contribution in [0.4, 0.5) is 11.4 Å². The Hall–Kier alpha value is -2.78. The predicted molar refractivity (Wildman–Crippen MR) is 63.8 cm³/mol. The van der Waals surface area contributed by atoms with Crippen molar-refractivity contribution < 1.29 is 0 Å². The van der Waals surface area contributed by atoms with Crippen LogP contribution in [-0.4, -0.2) is 0 Å². The zero-order valence-corrected chi connectivity index (χ0v) is 8.96. The van der Waals surface area contributed by atoms with E-state index >= 15 is 0 Å². The molecule has 3 heteroatoms. The zero-order valence-electron chi connectivity index (χ0n) is 8.96. The van der Waals surface area contributed by atoms with Gasteiger partial charge in [0.05, 0.1) is 22.5 Å². The van der Waals surface area contributed by atoms with Gasteiger partial charge >= 0.3 is 0 Å². The second kappa shape index (κ2) is 4.83. The molecule has 0 spiro atoms. The summed E-state index contributed by atoms with van der Waals surface area (Å²) in [6.07, 6.45) is 0. The minimum Gasteiger partial charge on any atom is -0.246 e. The molecule has 0 saturated heterocycles. The van der Waals surface area contributed by atoms with Crippen LogP contribution in [0.25, 0.3) is 0 Å². The van der Waals surface area contributed by atoms with Gasteiger partial charge in [-0.3, -0.25) is 0 Å². The first-order valence-electron chi connectivity index (χ1n) is 5.05. The molecule has 79 valence electrons. The Morgan fingerprint density at radius 3 is 1.53 bits per heavy atom.